The van der Waals surface area contributed by atoms with Gasteiger partial charge in [-0.15, -0.1) is 0 Å². The third kappa shape index (κ3) is 2.28. The van der Waals surface area contributed by atoms with Gasteiger partial charge in [-0.3, -0.25) is 0 Å². The second-order valence-electron chi connectivity index (χ2n) is 5.10. The Morgan fingerprint density at radius 1 is 1.17 bits per heavy atom. The molecule has 4 rings (SSSR count). The zero-order chi connectivity index (χ0) is 15.3. The number of nitrogens with zero attached hydrogens (tertiary/aromatic N) is 4. The monoisotopic (exact) mass is 328 g/mol. The molecule has 0 spiro atoms. The third-order valence-corrected chi connectivity index (χ3v) is 3.92. The molecule has 0 aliphatic carbocycles. The predicted molar refractivity (Wildman–Crippen MR) is 86.2 cm³/mol. The van der Waals surface area contributed by atoms with Crippen LogP contribution in [0.5, 0.6) is 5.88 Å². The van der Waals surface area contributed by atoms with Gasteiger partial charge in [0.15, 0.2) is 11.7 Å². The quantitative estimate of drug-likeness (QED) is 0.430. The third-order valence-electron chi connectivity index (χ3n) is 3.69. The first-order valence-corrected chi connectivity index (χ1v) is 7.14. The van der Waals surface area contributed by atoms with Gasteiger partial charge in [-0.05, 0) is 18.2 Å². The van der Waals surface area contributed by atoms with Crippen molar-refractivity contribution in [2.45, 2.75) is 0 Å². The topological polar surface area (TPSA) is 84.8 Å². The van der Waals surface area contributed by atoms with Crippen LogP contribution in [0.4, 0.5) is 0 Å². The van der Waals surface area contributed by atoms with Gasteiger partial charge in [0, 0.05) is 10.8 Å². The van der Waals surface area contributed by atoms with E-state index in [-0.39, 0.29) is 11.4 Å². The highest BCUT2D eigenvalue weighted by Crippen LogP contribution is 2.29. The van der Waals surface area contributed by atoms with Crippen molar-refractivity contribution in [3.05, 3.63) is 53.9 Å². The SMILES string of the molecule is C[n+]1cc2ccccc2c2nn(-c3ccc(Cl)nc3)c(O)c21.[OH-]. The number of hydrogen-bond acceptors (Lipinski definition) is 4. The lowest BCUT2D eigenvalue weighted by Crippen LogP contribution is -2.27. The predicted octanol–water partition coefficient (Wildman–Crippen LogP) is 2.58. The number of pyridine rings is 2. The van der Waals surface area contributed by atoms with Crippen molar-refractivity contribution < 1.29 is 15.1 Å². The average molecular weight is 329 g/mol. The van der Waals surface area contributed by atoms with Gasteiger partial charge >= 0.3 is 0 Å². The van der Waals surface area contributed by atoms with Gasteiger partial charge in [-0.25, -0.2) is 4.98 Å². The molecule has 0 atom stereocenters. The molecule has 0 fully saturated rings. The van der Waals surface area contributed by atoms with E-state index in [1.807, 2.05) is 42.1 Å². The second kappa shape index (κ2) is 5.49. The number of halogens is 1. The summed E-state index contributed by atoms with van der Waals surface area (Å²) in [6, 6.07) is 11.4. The molecule has 0 aliphatic heterocycles. The molecule has 0 unspecified atom stereocenters. The van der Waals surface area contributed by atoms with Crippen LogP contribution in [0, 0.1) is 0 Å². The number of aromatic hydroxyl groups is 1. The van der Waals surface area contributed by atoms with E-state index < -0.39 is 0 Å². The van der Waals surface area contributed by atoms with Crippen LogP contribution < -0.4 is 4.57 Å². The molecule has 23 heavy (non-hydrogen) atoms. The van der Waals surface area contributed by atoms with Crippen molar-refractivity contribution in [3.63, 3.8) is 0 Å². The maximum Gasteiger partial charge on any atom is 0.296 e. The van der Waals surface area contributed by atoms with E-state index in [1.54, 1.807) is 18.3 Å². The van der Waals surface area contributed by atoms with Crippen LogP contribution in [0.25, 0.3) is 27.5 Å². The largest absolute Gasteiger partial charge is 0.870 e. The first kappa shape index (κ1) is 15.2. The minimum Gasteiger partial charge on any atom is -0.870 e. The van der Waals surface area contributed by atoms with Crippen molar-refractivity contribution in [1.29, 1.82) is 0 Å². The van der Waals surface area contributed by atoms with E-state index in [0.29, 0.717) is 16.4 Å². The lowest BCUT2D eigenvalue weighted by molar-refractivity contribution is -0.643. The van der Waals surface area contributed by atoms with Crippen LogP contribution in [0.1, 0.15) is 0 Å². The van der Waals surface area contributed by atoms with Crippen molar-refractivity contribution in [2.24, 2.45) is 7.05 Å². The number of fused-ring (bicyclic) bond motifs is 3. The van der Waals surface area contributed by atoms with Gasteiger partial charge in [0.05, 0.1) is 11.9 Å². The highest BCUT2D eigenvalue weighted by Gasteiger charge is 2.22. The van der Waals surface area contributed by atoms with Crippen LogP contribution in [-0.4, -0.2) is 25.3 Å². The average Bonchev–Trinajstić information content (AvgIpc) is 2.87. The Labute approximate surface area is 136 Å². The van der Waals surface area contributed by atoms with E-state index in [2.05, 4.69) is 10.1 Å². The Morgan fingerprint density at radius 2 is 1.96 bits per heavy atom. The summed E-state index contributed by atoms with van der Waals surface area (Å²) in [7, 11) is 1.89. The summed E-state index contributed by atoms with van der Waals surface area (Å²) in [4.78, 5) is 4.04. The molecule has 0 saturated carbocycles. The van der Waals surface area contributed by atoms with Crippen LogP contribution >= 0.6 is 11.6 Å². The molecular formula is C16H13ClN4O2. The summed E-state index contributed by atoms with van der Waals surface area (Å²) < 4.78 is 3.35. The summed E-state index contributed by atoms with van der Waals surface area (Å²) in [5.74, 6) is 0.0763. The summed E-state index contributed by atoms with van der Waals surface area (Å²) in [5, 5.41) is 17.6. The number of aromatic nitrogens is 4. The van der Waals surface area contributed by atoms with Crippen molar-refractivity contribution in [2.75, 3.05) is 0 Å². The highest BCUT2D eigenvalue weighted by molar-refractivity contribution is 6.29. The van der Waals surface area contributed by atoms with Crippen molar-refractivity contribution in [3.8, 4) is 11.6 Å². The van der Waals surface area contributed by atoms with Gasteiger partial charge in [0.25, 0.3) is 11.4 Å². The van der Waals surface area contributed by atoms with Gasteiger partial charge in [0.1, 0.15) is 12.2 Å². The maximum atomic E-state index is 10.6. The molecule has 0 aliphatic rings. The fourth-order valence-electron chi connectivity index (χ4n) is 2.68. The molecular weight excluding hydrogens is 316 g/mol. The minimum atomic E-state index is 0. The molecule has 3 heterocycles. The minimum absolute atomic E-state index is 0. The molecule has 6 nitrogen and oxygen atoms in total. The standard InChI is InChI=1S/C16H11ClN4O.H2O/c1-20-9-10-4-2-3-5-12(10)14-15(20)16(22)21(19-14)11-6-7-13(17)18-8-11;/h2-9H,1H3;1H2. The second-order valence-corrected chi connectivity index (χ2v) is 5.49. The summed E-state index contributed by atoms with van der Waals surface area (Å²) in [5.41, 5.74) is 2.07. The molecule has 2 N–H and O–H groups in total. The fourth-order valence-corrected chi connectivity index (χ4v) is 2.79. The van der Waals surface area contributed by atoms with Crippen molar-refractivity contribution >= 4 is 33.4 Å². The number of aryl methyl sites for hydroxylation is 1. The Balaban J connectivity index is 0.00000156. The van der Waals surface area contributed by atoms with Crippen LogP contribution in [0.2, 0.25) is 5.15 Å². The Hall–Kier alpha value is -2.70. The number of hydrogen-bond donors (Lipinski definition) is 1. The molecule has 0 saturated heterocycles. The number of benzene rings is 1. The summed E-state index contributed by atoms with van der Waals surface area (Å²) in [6.07, 6.45) is 3.56. The molecule has 1 aromatic carbocycles. The van der Waals surface area contributed by atoms with E-state index >= 15 is 0 Å². The van der Waals surface area contributed by atoms with Crippen molar-refractivity contribution in [1.82, 2.24) is 14.8 Å². The van der Waals surface area contributed by atoms with Gasteiger partial charge < -0.3 is 10.6 Å². The molecule has 0 amide bonds. The van der Waals surface area contributed by atoms with E-state index in [0.717, 1.165) is 16.3 Å². The Bertz CT molecular complexity index is 1010. The smallest absolute Gasteiger partial charge is 0.296 e. The first-order valence-electron chi connectivity index (χ1n) is 6.76. The zero-order valence-electron chi connectivity index (χ0n) is 12.2. The van der Waals surface area contributed by atoms with Gasteiger partial charge in [-0.1, -0.05) is 29.8 Å². The van der Waals surface area contributed by atoms with E-state index in [4.69, 9.17) is 11.6 Å². The normalized spacial score (nSPS) is 10.9. The molecule has 116 valence electrons. The molecule has 3 aromatic heterocycles. The summed E-state index contributed by atoms with van der Waals surface area (Å²) in [6.45, 7) is 0. The Kier molecular flexibility index (Phi) is 3.63. The maximum absolute atomic E-state index is 10.6. The summed E-state index contributed by atoms with van der Waals surface area (Å²) >= 11 is 5.81. The van der Waals surface area contributed by atoms with Gasteiger partial charge in [0.2, 0.25) is 0 Å². The first-order chi connectivity index (χ1) is 10.6. The Morgan fingerprint density at radius 3 is 2.70 bits per heavy atom. The highest BCUT2D eigenvalue weighted by atomic mass is 35.5. The van der Waals surface area contributed by atoms with Crippen LogP contribution in [0.3, 0.4) is 0 Å². The molecule has 0 bridgehead atoms. The van der Waals surface area contributed by atoms with E-state index in [1.165, 1.54) is 4.68 Å². The van der Waals surface area contributed by atoms with Crippen LogP contribution in [0.15, 0.2) is 48.8 Å². The lowest BCUT2D eigenvalue weighted by atomic mass is 10.1. The lowest BCUT2D eigenvalue weighted by Gasteiger charge is -2.00. The number of rotatable bonds is 1. The molecule has 7 heteroatoms. The zero-order valence-corrected chi connectivity index (χ0v) is 12.9. The van der Waals surface area contributed by atoms with Crippen LogP contribution in [-0.2, 0) is 7.05 Å². The molecule has 0 radical (unpaired) electrons. The molecule has 4 aromatic rings. The van der Waals surface area contributed by atoms with Gasteiger partial charge in [-0.2, -0.15) is 14.3 Å². The van der Waals surface area contributed by atoms with E-state index in [9.17, 15) is 5.11 Å². The fraction of sp³-hybridized carbons (Fsp3) is 0.0625.